The topological polar surface area (TPSA) is 86.7 Å². The maximum atomic E-state index is 12.6. The summed E-state index contributed by atoms with van der Waals surface area (Å²) in [6.45, 7) is -0.0230. The van der Waals surface area contributed by atoms with Gasteiger partial charge in [-0.3, -0.25) is 9.59 Å². The fraction of sp³-hybridized carbons (Fsp3) is 0.429. The fourth-order valence-corrected chi connectivity index (χ4v) is 3.35. The van der Waals surface area contributed by atoms with Gasteiger partial charge in [-0.1, -0.05) is 0 Å². The van der Waals surface area contributed by atoms with Crippen molar-refractivity contribution in [3.63, 3.8) is 0 Å². The van der Waals surface area contributed by atoms with Crippen molar-refractivity contribution in [2.75, 3.05) is 6.61 Å². The second kappa shape index (κ2) is 5.20. The minimum atomic E-state index is -5.77. The van der Waals surface area contributed by atoms with Crippen molar-refractivity contribution in [2.24, 2.45) is 5.41 Å². The maximum absolute atomic E-state index is 12.6. The van der Waals surface area contributed by atoms with Crippen molar-refractivity contribution in [1.29, 1.82) is 0 Å². The highest BCUT2D eigenvalue weighted by Crippen LogP contribution is 2.43. The number of ether oxygens (including phenoxy) is 1. The monoisotopic (exact) mass is 364 g/mol. The number of Topliss-reactive ketones (excluding diaryl/α,β-unsaturated/α-hetero) is 1. The maximum Gasteiger partial charge on any atom is 0.534 e. The number of carbonyl (C=O) groups is 2. The van der Waals surface area contributed by atoms with Crippen molar-refractivity contribution < 1.29 is 40.1 Å². The third kappa shape index (κ3) is 2.64. The molecule has 1 unspecified atom stereocenters. The Morgan fingerprint density at radius 3 is 2.50 bits per heavy atom. The highest BCUT2D eigenvalue weighted by atomic mass is 32.2. The van der Waals surface area contributed by atoms with E-state index in [0.29, 0.717) is 18.4 Å². The molecule has 3 rings (SSSR count). The molecule has 2 aliphatic rings. The number of hydrogen-bond acceptors (Lipinski definition) is 6. The third-order valence-electron chi connectivity index (χ3n) is 4.16. The molecule has 0 amide bonds. The summed E-state index contributed by atoms with van der Waals surface area (Å²) in [4.78, 5) is 23.9. The largest absolute Gasteiger partial charge is 0.534 e. The number of hydrogen-bond donors (Lipinski definition) is 0. The van der Waals surface area contributed by atoms with Crippen molar-refractivity contribution >= 4 is 21.9 Å². The lowest BCUT2D eigenvalue weighted by Gasteiger charge is -2.30. The molecule has 0 radical (unpaired) electrons. The zero-order valence-electron chi connectivity index (χ0n) is 12.1. The minimum absolute atomic E-state index is 0.0230. The first kappa shape index (κ1) is 16.7. The predicted molar refractivity (Wildman–Crippen MR) is 72.7 cm³/mol. The van der Waals surface area contributed by atoms with Crippen molar-refractivity contribution in [3.8, 4) is 5.75 Å². The van der Waals surface area contributed by atoms with Crippen LogP contribution in [0.4, 0.5) is 13.2 Å². The van der Waals surface area contributed by atoms with Gasteiger partial charge in [0.1, 0.15) is 12.4 Å². The van der Waals surface area contributed by atoms with Gasteiger partial charge in [0.05, 0.1) is 11.8 Å². The van der Waals surface area contributed by atoms with Crippen LogP contribution in [-0.2, 0) is 26.1 Å². The van der Waals surface area contributed by atoms with E-state index in [4.69, 9.17) is 4.74 Å². The van der Waals surface area contributed by atoms with Gasteiger partial charge in [-0.15, -0.1) is 0 Å². The Balaban J connectivity index is 1.89. The molecule has 1 aliphatic heterocycles. The van der Waals surface area contributed by atoms with Gasteiger partial charge in [0.2, 0.25) is 0 Å². The van der Waals surface area contributed by atoms with E-state index in [9.17, 15) is 31.2 Å². The zero-order valence-corrected chi connectivity index (χ0v) is 12.9. The molecule has 6 nitrogen and oxygen atoms in total. The van der Waals surface area contributed by atoms with Gasteiger partial charge >= 0.3 is 21.6 Å². The summed E-state index contributed by atoms with van der Waals surface area (Å²) in [5.41, 5.74) is -5.87. The average Bonchev–Trinajstić information content (AvgIpc) is 2.84. The van der Waals surface area contributed by atoms with Crippen LogP contribution in [0.3, 0.4) is 0 Å². The van der Waals surface area contributed by atoms with Crippen LogP contribution < -0.4 is 4.18 Å². The van der Waals surface area contributed by atoms with E-state index in [1.165, 1.54) is 6.07 Å². The van der Waals surface area contributed by atoms with Crippen molar-refractivity contribution in [2.45, 2.75) is 24.8 Å². The van der Waals surface area contributed by atoms with Gasteiger partial charge in [0.15, 0.2) is 5.78 Å². The van der Waals surface area contributed by atoms with Crippen LogP contribution in [0.5, 0.6) is 5.75 Å². The van der Waals surface area contributed by atoms with E-state index >= 15 is 0 Å². The molecule has 1 spiro atoms. The lowest BCUT2D eigenvalue weighted by molar-refractivity contribution is -0.137. The van der Waals surface area contributed by atoms with Crippen molar-refractivity contribution in [3.05, 3.63) is 29.3 Å². The van der Waals surface area contributed by atoms with Crippen LogP contribution in [0.1, 0.15) is 28.8 Å². The molecule has 1 heterocycles. The third-order valence-corrected chi connectivity index (χ3v) is 5.14. The molecule has 1 saturated heterocycles. The molecule has 1 aromatic rings. The number of rotatable bonds is 2. The Labute approximate surface area is 134 Å². The number of cyclic esters (lactones) is 1. The Hall–Kier alpha value is -2.10. The SMILES string of the molecule is O=C1CC2(CCc3cc(OS(=O)(=O)C(F)(F)F)ccc3C2=O)CO1. The Bertz CT molecular complexity index is 829. The molecule has 10 heteroatoms. The second-order valence-corrected chi connectivity index (χ2v) is 7.29. The van der Waals surface area contributed by atoms with E-state index in [-0.39, 0.29) is 24.4 Å². The number of benzene rings is 1. The predicted octanol–water partition coefficient (Wildman–Crippen LogP) is 1.98. The van der Waals surface area contributed by atoms with Gasteiger partial charge in [-0.25, -0.2) is 0 Å². The summed E-state index contributed by atoms with van der Waals surface area (Å²) >= 11 is 0. The van der Waals surface area contributed by atoms with Gasteiger partial charge < -0.3 is 8.92 Å². The lowest BCUT2D eigenvalue weighted by Crippen LogP contribution is -2.36. The van der Waals surface area contributed by atoms with Crippen LogP contribution >= 0.6 is 0 Å². The fourth-order valence-electron chi connectivity index (χ4n) is 2.90. The van der Waals surface area contributed by atoms with Gasteiger partial charge in [0.25, 0.3) is 0 Å². The second-order valence-electron chi connectivity index (χ2n) is 5.75. The molecule has 130 valence electrons. The summed E-state index contributed by atoms with van der Waals surface area (Å²) in [7, 11) is -5.77. The molecule has 1 aliphatic carbocycles. The number of esters is 1. The lowest BCUT2D eigenvalue weighted by atomic mass is 9.70. The first-order valence-electron chi connectivity index (χ1n) is 6.88. The van der Waals surface area contributed by atoms with Crippen LogP contribution in [0.2, 0.25) is 0 Å². The first-order chi connectivity index (χ1) is 11.0. The normalized spacial score (nSPS) is 24.0. The summed E-state index contributed by atoms with van der Waals surface area (Å²) in [6, 6.07) is 3.29. The molecule has 24 heavy (non-hydrogen) atoms. The van der Waals surface area contributed by atoms with Gasteiger partial charge in [-0.05, 0) is 36.6 Å². The molecule has 0 bridgehead atoms. The highest BCUT2D eigenvalue weighted by molar-refractivity contribution is 7.88. The smallest absolute Gasteiger partial charge is 0.465 e. The summed E-state index contributed by atoms with van der Waals surface area (Å²) in [5.74, 6) is -1.32. The van der Waals surface area contributed by atoms with Gasteiger partial charge in [-0.2, -0.15) is 21.6 Å². The van der Waals surface area contributed by atoms with Crippen LogP contribution in [0.15, 0.2) is 18.2 Å². The molecule has 1 atom stereocenters. The highest BCUT2D eigenvalue weighted by Gasteiger charge is 2.50. The Morgan fingerprint density at radius 2 is 1.92 bits per heavy atom. The quantitative estimate of drug-likeness (QED) is 0.453. The van der Waals surface area contributed by atoms with Crippen LogP contribution in [0, 0.1) is 5.41 Å². The Kier molecular flexibility index (Phi) is 3.63. The molecule has 0 saturated carbocycles. The molecule has 0 N–H and O–H groups in total. The average molecular weight is 364 g/mol. The number of carbonyl (C=O) groups excluding carboxylic acids is 2. The standard InChI is InChI=1S/C14H11F3O6S/c15-14(16,17)24(20,21)23-9-1-2-10-8(5-9)3-4-13(12(10)19)6-11(18)22-7-13/h1-2,5H,3-4,6-7H2. The van der Waals surface area contributed by atoms with Crippen molar-refractivity contribution in [1.82, 2.24) is 0 Å². The summed E-state index contributed by atoms with van der Waals surface area (Å²) in [6.07, 6.45) is 0.549. The Morgan fingerprint density at radius 1 is 1.21 bits per heavy atom. The summed E-state index contributed by atoms with van der Waals surface area (Å²) < 4.78 is 68.0. The van der Waals surface area contributed by atoms with Crippen LogP contribution in [-0.4, -0.2) is 32.3 Å². The first-order valence-corrected chi connectivity index (χ1v) is 8.29. The van der Waals surface area contributed by atoms with E-state index in [1.807, 2.05) is 0 Å². The van der Waals surface area contributed by atoms with E-state index in [0.717, 1.165) is 12.1 Å². The van der Waals surface area contributed by atoms with E-state index < -0.39 is 32.8 Å². The van der Waals surface area contributed by atoms with E-state index in [1.54, 1.807) is 0 Å². The van der Waals surface area contributed by atoms with Crippen LogP contribution in [0.25, 0.3) is 0 Å². The number of aryl methyl sites for hydroxylation is 1. The molecule has 1 fully saturated rings. The number of halogens is 3. The minimum Gasteiger partial charge on any atom is -0.465 e. The summed E-state index contributed by atoms with van der Waals surface area (Å²) in [5, 5.41) is 0. The molecular weight excluding hydrogens is 353 g/mol. The van der Waals surface area contributed by atoms with E-state index in [2.05, 4.69) is 4.18 Å². The molecule has 0 aromatic heterocycles. The molecular formula is C14H11F3O6S. The number of alkyl halides is 3. The zero-order chi connectivity index (χ0) is 17.8. The number of fused-ring (bicyclic) bond motifs is 1. The molecule has 1 aromatic carbocycles. The number of ketones is 1. The van der Waals surface area contributed by atoms with Gasteiger partial charge in [0, 0.05) is 5.56 Å².